The minimum absolute atomic E-state index is 0.434. The first kappa shape index (κ1) is 16.4. The van der Waals surface area contributed by atoms with Crippen molar-refractivity contribution in [3.05, 3.63) is 0 Å². The topological polar surface area (TPSA) is 58.6 Å². The van der Waals surface area contributed by atoms with Crippen molar-refractivity contribution in [1.29, 1.82) is 0 Å². The molecule has 0 amide bonds. The van der Waals surface area contributed by atoms with Crippen molar-refractivity contribution in [3.63, 3.8) is 0 Å². The van der Waals surface area contributed by atoms with E-state index in [0.717, 1.165) is 6.42 Å². The minimum atomic E-state index is -0.936. The van der Waals surface area contributed by atoms with Gasteiger partial charge < -0.3 is 15.2 Å². The van der Waals surface area contributed by atoms with Crippen molar-refractivity contribution >= 4 is 5.97 Å². The molecule has 0 spiro atoms. The number of rotatable bonds is 8. The zero-order valence-corrected chi connectivity index (χ0v) is 12.0. The lowest BCUT2D eigenvalue weighted by Crippen LogP contribution is -2.54. The van der Waals surface area contributed by atoms with Crippen LogP contribution in [0.15, 0.2) is 0 Å². The molecule has 1 unspecified atom stereocenters. The Morgan fingerprint density at radius 2 is 1.88 bits per heavy atom. The number of hydrogen-bond donors (Lipinski definition) is 2. The Kier molecular flexibility index (Phi) is 6.13. The molecule has 0 fully saturated rings. The highest BCUT2D eigenvalue weighted by Crippen LogP contribution is 2.23. The van der Waals surface area contributed by atoms with Gasteiger partial charge in [-0.15, -0.1) is 0 Å². The number of nitrogens with one attached hydrogen (secondary N) is 1. The van der Waals surface area contributed by atoms with Crippen LogP contribution in [0.25, 0.3) is 0 Å². The standard InChI is InChI=1S/C13H27NO3/c1-10(2)7-8-14-13(5,11(15)16)9-12(3,4)17-6/h10,14H,7-9H2,1-6H3,(H,15,16). The lowest BCUT2D eigenvalue weighted by Gasteiger charge is -2.34. The quantitative estimate of drug-likeness (QED) is 0.689. The van der Waals surface area contributed by atoms with E-state index in [2.05, 4.69) is 19.2 Å². The number of methoxy groups -OCH3 is 1. The fourth-order valence-corrected chi connectivity index (χ4v) is 1.77. The molecule has 0 aliphatic rings. The van der Waals surface area contributed by atoms with E-state index in [-0.39, 0.29) is 0 Å². The molecule has 0 saturated heterocycles. The van der Waals surface area contributed by atoms with Gasteiger partial charge in [-0.05, 0) is 39.7 Å². The summed E-state index contributed by atoms with van der Waals surface area (Å²) in [5.74, 6) is -0.262. The number of carboxylic acid groups (broad SMARTS) is 1. The first-order valence-corrected chi connectivity index (χ1v) is 6.16. The fourth-order valence-electron chi connectivity index (χ4n) is 1.77. The maximum atomic E-state index is 11.4. The summed E-state index contributed by atoms with van der Waals surface area (Å²) in [5, 5.41) is 12.5. The Morgan fingerprint density at radius 3 is 2.24 bits per heavy atom. The highest BCUT2D eigenvalue weighted by Gasteiger charge is 2.38. The van der Waals surface area contributed by atoms with Crippen LogP contribution in [0.4, 0.5) is 0 Å². The maximum absolute atomic E-state index is 11.4. The van der Waals surface area contributed by atoms with Crippen LogP contribution < -0.4 is 5.32 Å². The SMILES string of the molecule is COC(C)(C)CC(C)(NCCC(C)C)C(=O)O. The predicted octanol–water partition coefficient (Wildman–Crippen LogP) is 2.28. The summed E-state index contributed by atoms with van der Waals surface area (Å²) in [7, 11) is 1.61. The van der Waals surface area contributed by atoms with Crippen LogP contribution >= 0.6 is 0 Å². The Bertz CT molecular complexity index is 251. The van der Waals surface area contributed by atoms with Crippen molar-refractivity contribution in [2.45, 2.75) is 58.6 Å². The largest absolute Gasteiger partial charge is 0.480 e. The molecule has 4 heteroatoms. The van der Waals surface area contributed by atoms with Gasteiger partial charge in [0.1, 0.15) is 5.54 Å². The number of carboxylic acids is 1. The number of carbonyl (C=O) groups is 1. The lowest BCUT2D eigenvalue weighted by molar-refractivity contribution is -0.147. The van der Waals surface area contributed by atoms with Crippen LogP contribution in [0.5, 0.6) is 0 Å². The second kappa shape index (κ2) is 6.36. The van der Waals surface area contributed by atoms with E-state index < -0.39 is 17.1 Å². The van der Waals surface area contributed by atoms with Gasteiger partial charge in [-0.3, -0.25) is 4.79 Å². The second-order valence-electron chi connectivity index (χ2n) is 5.89. The lowest BCUT2D eigenvalue weighted by atomic mass is 9.87. The minimum Gasteiger partial charge on any atom is -0.480 e. The van der Waals surface area contributed by atoms with Gasteiger partial charge in [0, 0.05) is 13.5 Å². The van der Waals surface area contributed by atoms with Crippen LogP contribution in [0.3, 0.4) is 0 Å². The number of aliphatic carboxylic acids is 1. The predicted molar refractivity (Wildman–Crippen MR) is 69.2 cm³/mol. The van der Waals surface area contributed by atoms with Gasteiger partial charge in [0.2, 0.25) is 0 Å². The van der Waals surface area contributed by atoms with E-state index in [1.807, 2.05) is 13.8 Å². The highest BCUT2D eigenvalue weighted by molar-refractivity contribution is 5.78. The summed E-state index contributed by atoms with van der Waals surface area (Å²) in [4.78, 5) is 11.4. The van der Waals surface area contributed by atoms with E-state index in [0.29, 0.717) is 18.9 Å². The number of ether oxygens (including phenoxy) is 1. The van der Waals surface area contributed by atoms with Gasteiger partial charge in [0.15, 0.2) is 0 Å². The Hall–Kier alpha value is -0.610. The molecule has 0 aromatic carbocycles. The monoisotopic (exact) mass is 245 g/mol. The molecular weight excluding hydrogens is 218 g/mol. The zero-order valence-electron chi connectivity index (χ0n) is 12.0. The molecule has 1 atom stereocenters. The average Bonchev–Trinajstić information content (AvgIpc) is 2.16. The van der Waals surface area contributed by atoms with Crippen LogP contribution in [0, 0.1) is 5.92 Å². The van der Waals surface area contributed by atoms with E-state index in [1.165, 1.54) is 0 Å². The fraction of sp³-hybridized carbons (Fsp3) is 0.923. The number of hydrogen-bond acceptors (Lipinski definition) is 3. The Morgan fingerprint density at radius 1 is 1.35 bits per heavy atom. The Labute approximate surface area is 105 Å². The van der Waals surface area contributed by atoms with Crippen LogP contribution in [-0.2, 0) is 9.53 Å². The van der Waals surface area contributed by atoms with Gasteiger partial charge in [-0.2, -0.15) is 0 Å². The molecule has 17 heavy (non-hydrogen) atoms. The van der Waals surface area contributed by atoms with Gasteiger partial charge in [0.25, 0.3) is 0 Å². The molecule has 0 aromatic heterocycles. The molecule has 0 heterocycles. The van der Waals surface area contributed by atoms with Crippen molar-refractivity contribution in [2.75, 3.05) is 13.7 Å². The van der Waals surface area contributed by atoms with Crippen molar-refractivity contribution in [1.82, 2.24) is 5.32 Å². The first-order valence-electron chi connectivity index (χ1n) is 6.16. The highest BCUT2D eigenvalue weighted by atomic mass is 16.5. The van der Waals surface area contributed by atoms with Crippen molar-refractivity contribution in [3.8, 4) is 0 Å². The molecule has 0 aliphatic carbocycles. The normalized spacial score (nSPS) is 15.9. The average molecular weight is 245 g/mol. The summed E-state index contributed by atoms with van der Waals surface area (Å²) >= 11 is 0. The summed E-state index contributed by atoms with van der Waals surface area (Å²) in [5.41, 5.74) is -1.38. The third-order valence-electron chi connectivity index (χ3n) is 3.04. The smallest absolute Gasteiger partial charge is 0.323 e. The van der Waals surface area contributed by atoms with Gasteiger partial charge in [-0.25, -0.2) is 0 Å². The van der Waals surface area contributed by atoms with E-state index >= 15 is 0 Å². The maximum Gasteiger partial charge on any atom is 0.323 e. The van der Waals surface area contributed by atoms with Gasteiger partial charge in [0.05, 0.1) is 5.60 Å². The van der Waals surface area contributed by atoms with E-state index in [4.69, 9.17) is 4.74 Å². The van der Waals surface area contributed by atoms with Crippen LogP contribution in [0.1, 0.15) is 47.5 Å². The van der Waals surface area contributed by atoms with Gasteiger partial charge >= 0.3 is 5.97 Å². The third kappa shape index (κ3) is 6.03. The zero-order chi connectivity index (χ0) is 13.7. The summed E-state index contributed by atoms with van der Waals surface area (Å²) in [6.45, 7) is 10.5. The summed E-state index contributed by atoms with van der Waals surface area (Å²) in [6.07, 6.45) is 1.40. The van der Waals surface area contributed by atoms with E-state index in [9.17, 15) is 9.90 Å². The van der Waals surface area contributed by atoms with Crippen molar-refractivity contribution in [2.24, 2.45) is 5.92 Å². The third-order valence-corrected chi connectivity index (χ3v) is 3.04. The van der Waals surface area contributed by atoms with Crippen LogP contribution in [-0.4, -0.2) is 35.9 Å². The molecule has 0 saturated carbocycles. The van der Waals surface area contributed by atoms with Crippen LogP contribution in [0.2, 0.25) is 0 Å². The molecule has 0 aromatic rings. The summed E-state index contributed by atoms with van der Waals surface area (Å²) < 4.78 is 5.31. The molecule has 0 rings (SSSR count). The van der Waals surface area contributed by atoms with E-state index in [1.54, 1.807) is 14.0 Å². The summed E-state index contributed by atoms with van der Waals surface area (Å²) in [6, 6.07) is 0. The van der Waals surface area contributed by atoms with Crippen molar-refractivity contribution < 1.29 is 14.6 Å². The molecule has 102 valence electrons. The Balaban J connectivity index is 4.52. The molecule has 0 aliphatic heterocycles. The van der Waals surface area contributed by atoms with Gasteiger partial charge in [-0.1, -0.05) is 13.8 Å². The molecule has 0 bridgehead atoms. The molecular formula is C13H27NO3. The molecule has 2 N–H and O–H groups in total. The first-order chi connectivity index (χ1) is 7.63. The second-order valence-corrected chi connectivity index (χ2v) is 5.89. The molecule has 0 radical (unpaired) electrons. The molecule has 4 nitrogen and oxygen atoms in total.